The highest BCUT2D eigenvalue weighted by atomic mass is 19.4. The van der Waals surface area contributed by atoms with Gasteiger partial charge in [0.25, 0.3) is 11.8 Å². The van der Waals surface area contributed by atoms with E-state index in [4.69, 9.17) is 4.74 Å². The highest BCUT2D eigenvalue weighted by molar-refractivity contribution is 5.98. The number of ether oxygens (including phenoxy) is 1. The highest BCUT2D eigenvalue weighted by Gasteiger charge is 2.31. The van der Waals surface area contributed by atoms with Gasteiger partial charge in [-0.25, -0.2) is 14.5 Å². The average Bonchev–Trinajstić information content (AvgIpc) is 3.18. The van der Waals surface area contributed by atoms with Gasteiger partial charge in [0.05, 0.1) is 17.5 Å². The molecule has 0 saturated carbocycles. The van der Waals surface area contributed by atoms with E-state index >= 15 is 0 Å². The van der Waals surface area contributed by atoms with Gasteiger partial charge in [0.2, 0.25) is 0 Å². The van der Waals surface area contributed by atoms with Gasteiger partial charge in [0.15, 0.2) is 12.4 Å². The standard InChI is InChI=1S/C22H20F3N5O4/c1-3-26-20(32)14-5-4-6-16(9-14)29-19(31)12-34-21(33)17-11-28-30(13(17)2)18-8-7-15(10-27-18)22(23,24)25/h4-11H,3,12H2,1-2H3,(H,26,32)(H,29,31). The molecule has 0 spiro atoms. The van der Waals surface area contributed by atoms with Gasteiger partial charge in [0, 0.05) is 24.0 Å². The summed E-state index contributed by atoms with van der Waals surface area (Å²) in [5, 5.41) is 9.14. The van der Waals surface area contributed by atoms with Crippen molar-refractivity contribution >= 4 is 23.5 Å². The quantitative estimate of drug-likeness (QED) is 0.508. The first kappa shape index (κ1) is 24.4. The van der Waals surface area contributed by atoms with Gasteiger partial charge in [-0.15, -0.1) is 0 Å². The fraction of sp³-hybridized carbons (Fsp3) is 0.227. The summed E-state index contributed by atoms with van der Waals surface area (Å²) in [6.07, 6.45) is -2.69. The zero-order valence-electron chi connectivity index (χ0n) is 18.1. The van der Waals surface area contributed by atoms with Gasteiger partial charge in [-0.05, 0) is 44.2 Å². The first-order chi connectivity index (χ1) is 16.1. The van der Waals surface area contributed by atoms with Gasteiger partial charge in [-0.1, -0.05) is 6.07 Å². The minimum absolute atomic E-state index is 0.0210. The first-order valence-corrected chi connectivity index (χ1v) is 10.0. The summed E-state index contributed by atoms with van der Waals surface area (Å²) in [7, 11) is 0. The Morgan fingerprint density at radius 3 is 2.53 bits per heavy atom. The number of aromatic nitrogens is 3. The van der Waals surface area contributed by atoms with E-state index in [-0.39, 0.29) is 23.0 Å². The molecule has 0 aliphatic carbocycles. The van der Waals surface area contributed by atoms with Crippen LogP contribution in [0.3, 0.4) is 0 Å². The third-order valence-corrected chi connectivity index (χ3v) is 4.60. The second-order valence-corrected chi connectivity index (χ2v) is 7.02. The minimum atomic E-state index is -4.52. The molecule has 3 rings (SSSR count). The SMILES string of the molecule is CCNC(=O)c1cccc(NC(=O)COC(=O)c2cnn(-c3ccc(C(F)(F)F)cn3)c2C)c1. The summed E-state index contributed by atoms with van der Waals surface area (Å²) >= 11 is 0. The highest BCUT2D eigenvalue weighted by Crippen LogP contribution is 2.28. The van der Waals surface area contributed by atoms with Crippen LogP contribution in [0, 0.1) is 6.92 Å². The van der Waals surface area contributed by atoms with Gasteiger partial charge in [0.1, 0.15) is 5.56 Å². The van der Waals surface area contributed by atoms with E-state index in [1.54, 1.807) is 25.1 Å². The minimum Gasteiger partial charge on any atom is -0.452 e. The average molecular weight is 475 g/mol. The number of pyridine rings is 1. The van der Waals surface area contributed by atoms with E-state index in [0.717, 1.165) is 12.1 Å². The van der Waals surface area contributed by atoms with E-state index in [9.17, 15) is 27.6 Å². The maximum absolute atomic E-state index is 12.7. The molecule has 0 atom stereocenters. The molecule has 2 N–H and O–H groups in total. The molecule has 34 heavy (non-hydrogen) atoms. The van der Waals surface area contributed by atoms with Crippen LogP contribution in [0.4, 0.5) is 18.9 Å². The number of nitrogens with zero attached hydrogens (tertiary/aromatic N) is 3. The van der Waals surface area contributed by atoms with Gasteiger partial charge in [-0.2, -0.15) is 18.3 Å². The summed E-state index contributed by atoms with van der Waals surface area (Å²) in [6, 6.07) is 8.22. The molecule has 178 valence electrons. The number of amides is 2. The Labute approximate surface area is 191 Å². The third kappa shape index (κ3) is 5.77. The maximum atomic E-state index is 12.7. The number of rotatable bonds is 7. The lowest BCUT2D eigenvalue weighted by Crippen LogP contribution is -2.23. The van der Waals surface area contributed by atoms with Gasteiger partial charge in [-0.3, -0.25) is 9.59 Å². The molecule has 0 unspecified atom stereocenters. The van der Waals surface area contributed by atoms with E-state index in [0.29, 0.717) is 24.0 Å². The van der Waals surface area contributed by atoms with Crippen molar-refractivity contribution < 1.29 is 32.3 Å². The van der Waals surface area contributed by atoms with E-state index in [1.165, 1.54) is 23.9 Å². The Balaban J connectivity index is 1.61. The smallest absolute Gasteiger partial charge is 0.417 e. The third-order valence-electron chi connectivity index (χ3n) is 4.60. The van der Waals surface area contributed by atoms with Crippen molar-refractivity contribution in [2.24, 2.45) is 0 Å². The number of carbonyl (C=O) groups excluding carboxylic acids is 3. The Kier molecular flexibility index (Phi) is 7.29. The predicted molar refractivity (Wildman–Crippen MR) is 114 cm³/mol. The van der Waals surface area contributed by atoms with Crippen LogP contribution in [0.25, 0.3) is 5.82 Å². The van der Waals surface area contributed by atoms with Crippen molar-refractivity contribution in [3.05, 3.63) is 71.2 Å². The molecule has 3 aromatic rings. The van der Waals surface area contributed by atoms with E-state index in [1.807, 2.05) is 0 Å². The summed E-state index contributed by atoms with van der Waals surface area (Å²) in [5.41, 5.74) is 0.0852. The van der Waals surface area contributed by atoms with Gasteiger partial charge >= 0.3 is 12.1 Å². The van der Waals surface area contributed by atoms with Crippen LogP contribution in [0.15, 0.2) is 48.8 Å². The molecule has 2 heterocycles. The van der Waals surface area contributed by atoms with Crippen molar-refractivity contribution in [3.63, 3.8) is 0 Å². The summed E-state index contributed by atoms with van der Waals surface area (Å²) in [4.78, 5) is 40.2. The molecule has 12 heteroatoms. The maximum Gasteiger partial charge on any atom is 0.417 e. The normalized spacial score (nSPS) is 11.1. The molecule has 0 radical (unpaired) electrons. The van der Waals surface area contributed by atoms with Crippen LogP contribution in [0.2, 0.25) is 0 Å². The summed E-state index contributed by atoms with van der Waals surface area (Å²) in [6.45, 7) is 3.14. The topological polar surface area (TPSA) is 115 Å². The Hall–Kier alpha value is -4.22. The lowest BCUT2D eigenvalue weighted by Gasteiger charge is -2.09. The van der Waals surface area contributed by atoms with Crippen LogP contribution >= 0.6 is 0 Å². The monoisotopic (exact) mass is 475 g/mol. The van der Waals surface area contributed by atoms with Crippen molar-refractivity contribution in [1.29, 1.82) is 0 Å². The predicted octanol–water partition coefficient (Wildman–Crippen LogP) is 3.14. The van der Waals surface area contributed by atoms with Crippen LogP contribution in [-0.4, -0.2) is 45.7 Å². The van der Waals surface area contributed by atoms with Crippen LogP contribution < -0.4 is 10.6 Å². The van der Waals surface area contributed by atoms with Crippen LogP contribution in [0.5, 0.6) is 0 Å². The lowest BCUT2D eigenvalue weighted by atomic mass is 10.2. The second-order valence-electron chi connectivity index (χ2n) is 7.02. The Bertz CT molecular complexity index is 1210. The molecule has 0 aliphatic heterocycles. The van der Waals surface area contributed by atoms with Crippen LogP contribution in [0.1, 0.15) is 38.9 Å². The molecular formula is C22H20F3N5O4. The van der Waals surface area contributed by atoms with Crippen molar-refractivity contribution in [2.75, 3.05) is 18.5 Å². The number of anilines is 1. The molecule has 2 aromatic heterocycles. The number of halogens is 3. The largest absolute Gasteiger partial charge is 0.452 e. The van der Waals surface area contributed by atoms with Crippen molar-refractivity contribution in [1.82, 2.24) is 20.1 Å². The Morgan fingerprint density at radius 2 is 1.88 bits per heavy atom. The molecule has 1 aromatic carbocycles. The van der Waals surface area contributed by atoms with Crippen molar-refractivity contribution in [2.45, 2.75) is 20.0 Å². The van der Waals surface area contributed by atoms with Gasteiger partial charge < -0.3 is 15.4 Å². The zero-order valence-corrected chi connectivity index (χ0v) is 18.1. The number of alkyl halides is 3. The van der Waals surface area contributed by atoms with E-state index in [2.05, 4.69) is 20.7 Å². The second kappa shape index (κ2) is 10.1. The number of hydrogen-bond donors (Lipinski definition) is 2. The number of benzene rings is 1. The number of hydrogen-bond acceptors (Lipinski definition) is 6. The first-order valence-electron chi connectivity index (χ1n) is 10.0. The zero-order chi connectivity index (χ0) is 24.9. The number of esters is 1. The van der Waals surface area contributed by atoms with E-state index < -0.39 is 30.2 Å². The van der Waals surface area contributed by atoms with Crippen LogP contribution in [-0.2, 0) is 15.7 Å². The molecule has 2 amide bonds. The molecule has 0 fully saturated rings. The lowest BCUT2D eigenvalue weighted by molar-refractivity contribution is -0.137. The molecular weight excluding hydrogens is 455 g/mol. The molecule has 0 aliphatic rings. The fourth-order valence-electron chi connectivity index (χ4n) is 2.93. The number of nitrogens with one attached hydrogen (secondary N) is 2. The summed E-state index contributed by atoms with van der Waals surface area (Å²) in [5.74, 6) is -1.69. The number of carbonyl (C=O) groups is 3. The van der Waals surface area contributed by atoms with Crippen molar-refractivity contribution in [3.8, 4) is 5.82 Å². The fourth-order valence-corrected chi connectivity index (χ4v) is 2.93. The molecule has 0 saturated heterocycles. The molecule has 9 nitrogen and oxygen atoms in total. The summed E-state index contributed by atoms with van der Waals surface area (Å²) < 4.78 is 44.3. The molecule has 0 bridgehead atoms. The Morgan fingerprint density at radius 1 is 1.12 bits per heavy atom.